The molecular formula is C75H61N5. The molecule has 10 aromatic carbocycles. The summed E-state index contributed by atoms with van der Waals surface area (Å²) in [6.45, 7) is 26.2. The van der Waals surface area contributed by atoms with Crippen molar-refractivity contribution in [3.63, 3.8) is 0 Å². The van der Waals surface area contributed by atoms with Gasteiger partial charge in [-0.15, -0.1) is 0 Å². The van der Waals surface area contributed by atoms with Gasteiger partial charge in [-0.05, 0) is 257 Å². The van der Waals surface area contributed by atoms with Gasteiger partial charge in [0.1, 0.15) is 0 Å². The summed E-state index contributed by atoms with van der Waals surface area (Å²) in [6.07, 6.45) is 0. The van der Waals surface area contributed by atoms with Crippen LogP contribution in [0.5, 0.6) is 0 Å². The summed E-state index contributed by atoms with van der Waals surface area (Å²) in [7, 11) is 0. The lowest BCUT2D eigenvalue weighted by molar-refractivity contribution is 1.13. The van der Waals surface area contributed by atoms with Gasteiger partial charge in [0.2, 0.25) is 0 Å². The van der Waals surface area contributed by atoms with Gasteiger partial charge in [0, 0.05) is 27.1 Å². The fourth-order valence-electron chi connectivity index (χ4n) is 14.0. The minimum Gasteiger partial charge on any atom is -0.308 e. The van der Waals surface area contributed by atoms with Crippen molar-refractivity contribution in [3.8, 4) is 85.2 Å². The van der Waals surface area contributed by atoms with Crippen LogP contribution in [0.4, 0.5) is 0 Å². The van der Waals surface area contributed by atoms with E-state index in [2.05, 4.69) is 232 Å². The van der Waals surface area contributed by atoms with E-state index in [0.717, 1.165) is 82.8 Å². The van der Waals surface area contributed by atoms with Crippen molar-refractivity contribution in [2.45, 2.75) is 83.1 Å². The monoisotopic (exact) mass is 1030 g/mol. The summed E-state index contributed by atoms with van der Waals surface area (Å²) in [6, 6.07) is 62.0. The van der Waals surface area contributed by atoms with E-state index in [-0.39, 0.29) is 0 Å². The first-order valence-corrected chi connectivity index (χ1v) is 27.5. The topological polar surface area (TPSA) is 81.2 Å². The van der Waals surface area contributed by atoms with E-state index in [1.54, 1.807) is 6.07 Å². The van der Waals surface area contributed by atoms with Crippen LogP contribution >= 0.6 is 0 Å². The number of rotatable bonds is 7. The molecule has 0 fully saturated rings. The molecule has 5 heteroatoms. The van der Waals surface area contributed by atoms with Crippen LogP contribution in [0.15, 0.2) is 152 Å². The molecule has 0 saturated heterocycles. The summed E-state index contributed by atoms with van der Waals surface area (Å²) >= 11 is 0. The Morgan fingerprint density at radius 3 is 0.725 bits per heavy atom. The zero-order valence-corrected chi connectivity index (χ0v) is 47.7. The van der Waals surface area contributed by atoms with Gasteiger partial charge >= 0.3 is 0 Å². The maximum absolute atomic E-state index is 11.3. The van der Waals surface area contributed by atoms with Crippen LogP contribution in [0.2, 0.25) is 0 Å². The highest BCUT2D eigenvalue weighted by Gasteiger charge is 2.26. The van der Waals surface area contributed by atoms with E-state index < -0.39 is 0 Å². The SMILES string of the molecule is Cc1cc(C)c(-c2ccc3c(c2)c2cc(-c4c(C)cc(C)cc4C)ccc2n3-c2cc(C#N)cc(-n3c4ccc(-c5c(C)cc(C)cc5C)cc4c4cc(-c5c(C)cc(C)cc5C)ccc43)c2-c2cc(C#N)cc(C#N)c2)c(C)c1. The third-order valence-corrected chi connectivity index (χ3v) is 16.6. The summed E-state index contributed by atoms with van der Waals surface area (Å²) < 4.78 is 4.62. The van der Waals surface area contributed by atoms with Gasteiger partial charge in [0.05, 0.1) is 68.3 Å². The van der Waals surface area contributed by atoms with Gasteiger partial charge in [0.15, 0.2) is 0 Å². The molecule has 0 aliphatic carbocycles. The third kappa shape index (κ3) is 8.36. The first-order chi connectivity index (χ1) is 38.4. The Labute approximate surface area is 469 Å². The Balaban J connectivity index is 1.24. The first-order valence-electron chi connectivity index (χ1n) is 27.5. The zero-order chi connectivity index (χ0) is 56.2. The van der Waals surface area contributed by atoms with Crippen LogP contribution in [0.1, 0.15) is 83.5 Å². The summed E-state index contributed by atoms with van der Waals surface area (Å²) in [5.74, 6) is 0. The van der Waals surface area contributed by atoms with E-state index in [9.17, 15) is 15.8 Å². The lowest BCUT2D eigenvalue weighted by atomic mass is 9.91. The lowest BCUT2D eigenvalue weighted by Gasteiger charge is -2.21. The molecule has 2 aromatic heterocycles. The second kappa shape index (κ2) is 19.3. The Morgan fingerprint density at radius 2 is 0.487 bits per heavy atom. The fraction of sp³-hybridized carbons (Fsp3) is 0.160. The molecule has 12 aromatic rings. The normalized spacial score (nSPS) is 11.5. The number of fused-ring (bicyclic) bond motifs is 6. The van der Waals surface area contributed by atoms with E-state index in [1.165, 1.54) is 89.0 Å². The highest BCUT2D eigenvalue weighted by atomic mass is 15.0. The van der Waals surface area contributed by atoms with Crippen LogP contribution in [0.25, 0.3) is 111 Å². The van der Waals surface area contributed by atoms with E-state index in [0.29, 0.717) is 22.3 Å². The van der Waals surface area contributed by atoms with Crippen molar-refractivity contribution in [2.24, 2.45) is 0 Å². The number of nitriles is 3. The smallest absolute Gasteiger partial charge is 0.0993 e. The van der Waals surface area contributed by atoms with Crippen molar-refractivity contribution in [2.75, 3.05) is 0 Å². The van der Waals surface area contributed by atoms with E-state index >= 15 is 0 Å². The van der Waals surface area contributed by atoms with Crippen LogP contribution in [0.3, 0.4) is 0 Å². The molecule has 12 rings (SSSR count). The van der Waals surface area contributed by atoms with Gasteiger partial charge < -0.3 is 9.13 Å². The van der Waals surface area contributed by atoms with Gasteiger partial charge in [-0.1, -0.05) is 95.1 Å². The minimum absolute atomic E-state index is 0.369. The van der Waals surface area contributed by atoms with Crippen molar-refractivity contribution in [3.05, 3.63) is 235 Å². The molecule has 0 spiro atoms. The average Bonchev–Trinajstić information content (AvgIpc) is 4.15. The van der Waals surface area contributed by atoms with Crippen LogP contribution < -0.4 is 0 Å². The third-order valence-electron chi connectivity index (χ3n) is 16.6. The number of hydrogen-bond donors (Lipinski definition) is 0. The van der Waals surface area contributed by atoms with E-state index in [1.807, 2.05) is 24.3 Å². The summed E-state index contributed by atoms with van der Waals surface area (Å²) in [5, 5.41) is 37.0. The second-order valence-electron chi connectivity index (χ2n) is 22.7. The predicted molar refractivity (Wildman–Crippen MR) is 333 cm³/mol. The molecule has 5 nitrogen and oxygen atoms in total. The van der Waals surface area contributed by atoms with Gasteiger partial charge in [0.25, 0.3) is 0 Å². The minimum atomic E-state index is 0.369. The number of benzene rings is 10. The Morgan fingerprint density at radius 1 is 0.250 bits per heavy atom. The van der Waals surface area contributed by atoms with Crippen LogP contribution in [0, 0.1) is 117 Å². The molecule has 0 bridgehead atoms. The first kappa shape index (κ1) is 51.1. The number of hydrogen-bond acceptors (Lipinski definition) is 3. The molecule has 0 amide bonds. The average molecular weight is 1030 g/mol. The maximum atomic E-state index is 11.3. The van der Waals surface area contributed by atoms with Crippen LogP contribution in [-0.4, -0.2) is 9.13 Å². The van der Waals surface area contributed by atoms with Gasteiger partial charge in [-0.2, -0.15) is 15.8 Å². The van der Waals surface area contributed by atoms with Crippen molar-refractivity contribution < 1.29 is 0 Å². The number of aryl methyl sites for hydroxylation is 12. The molecule has 0 aliphatic rings. The molecule has 0 atom stereocenters. The van der Waals surface area contributed by atoms with Crippen molar-refractivity contribution >= 4 is 43.6 Å². The van der Waals surface area contributed by atoms with E-state index in [4.69, 9.17) is 0 Å². The largest absolute Gasteiger partial charge is 0.308 e. The maximum Gasteiger partial charge on any atom is 0.0993 e. The lowest BCUT2D eigenvalue weighted by Crippen LogP contribution is -2.05. The summed E-state index contributed by atoms with van der Waals surface area (Å²) in [5.41, 5.74) is 32.1. The zero-order valence-electron chi connectivity index (χ0n) is 47.7. The molecule has 0 saturated carbocycles. The van der Waals surface area contributed by atoms with Crippen LogP contribution in [-0.2, 0) is 0 Å². The molecule has 0 unspecified atom stereocenters. The van der Waals surface area contributed by atoms with Gasteiger partial charge in [-0.25, -0.2) is 0 Å². The molecule has 386 valence electrons. The molecule has 0 radical (unpaired) electrons. The molecule has 80 heavy (non-hydrogen) atoms. The Kier molecular flexibility index (Phi) is 12.3. The highest BCUT2D eigenvalue weighted by Crippen LogP contribution is 2.47. The Hall–Kier alpha value is -9.73. The number of nitrogens with zero attached hydrogens (tertiary/aromatic N) is 5. The number of aromatic nitrogens is 2. The molecule has 0 N–H and O–H groups in total. The molecule has 2 heterocycles. The van der Waals surface area contributed by atoms with Gasteiger partial charge in [-0.3, -0.25) is 0 Å². The quantitative estimate of drug-likeness (QED) is 0.159. The molecular weight excluding hydrogens is 971 g/mol. The standard InChI is InChI=1S/C75H61N5/c1-41-21-45(5)71(46(6)22-41)56-13-17-65-61(34-56)62-35-57(72-47(7)23-42(2)24-48(72)8)14-18-66(62)79(65)69-32-55(40-78)33-70(75(69)60-30-53(38-76)29-54(31-60)39-77)80-67-19-15-58(73-49(9)25-43(3)26-50(73)10)36-63(67)64-37-59(16-20-68(64)80)74-51(11)27-44(4)28-52(74)12/h13-37H,1-12H3. The predicted octanol–water partition coefficient (Wildman–Crippen LogP) is 19.5. The molecule has 0 aliphatic heterocycles. The van der Waals surface area contributed by atoms with Crippen molar-refractivity contribution in [1.82, 2.24) is 9.13 Å². The second-order valence-corrected chi connectivity index (χ2v) is 22.7. The van der Waals surface area contributed by atoms with Crippen molar-refractivity contribution in [1.29, 1.82) is 15.8 Å². The summed E-state index contributed by atoms with van der Waals surface area (Å²) in [4.78, 5) is 0. The highest BCUT2D eigenvalue weighted by molar-refractivity contribution is 6.15. The Bertz CT molecular complexity index is 4200. The fourth-order valence-corrected chi connectivity index (χ4v) is 14.0.